The standard InChI is InChI=1S/C13H24BrNO3/c1-12(2,3)18-11(16)15-6-7-17-8-10(15)13(4,5)9-14/h10H,6-9H2,1-5H3. The molecule has 1 aliphatic heterocycles. The van der Waals surface area contributed by atoms with Crippen molar-refractivity contribution in [2.45, 2.75) is 46.3 Å². The number of ether oxygens (including phenoxy) is 2. The van der Waals surface area contributed by atoms with Crippen LogP contribution in [-0.4, -0.2) is 47.7 Å². The number of carbonyl (C=O) groups excluding carboxylic acids is 1. The number of hydrogen-bond acceptors (Lipinski definition) is 3. The summed E-state index contributed by atoms with van der Waals surface area (Å²) in [4.78, 5) is 14.0. The fourth-order valence-corrected chi connectivity index (χ4v) is 2.25. The Morgan fingerprint density at radius 3 is 2.50 bits per heavy atom. The van der Waals surface area contributed by atoms with Crippen LogP contribution in [0.15, 0.2) is 0 Å². The summed E-state index contributed by atoms with van der Waals surface area (Å²) in [7, 11) is 0. The first-order valence-corrected chi connectivity index (χ1v) is 7.43. The zero-order valence-corrected chi connectivity index (χ0v) is 13.5. The van der Waals surface area contributed by atoms with Crippen LogP contribution in [0.5, 0.6) is 0 Å². The number of hydrogen-bond donors (Lipinski definition) is 0. The van der Waals surface area contributed by atoms with E-state index >= 15 is 0 Å². The Morgan fingerprint density at radius 2 is 2.00 bits per heavy atom. The largest absolute Gasteiger partial charge is 0.444 e. The van der Waals surface area contributed by atoms with Crippen LogP contribution in [0, 0.1) is 5.41 Å². The minimum absolute atomic E-state index is 0.0421. The molecule has 0 saturated carbocycles. The van der Waals surface area contributed by atoms with Gasteiger partial charge in [0.15, 0.2) is 0 Å². The van der Waals surface area contributed by atoms with E-state index in [2.05, 4.69) is 29.8 Å². The zero-order chi connectivity index (χ0) is 14.0. The highest BCUT2D eigenvalue weighted by Crippen LogP contribution is 2.30. The van der Waals surface area contributed by atoms with E-state index in [9.17, 15) is 4.79 Å². The van der Waals surface area contributed by atoms with Crippen LogP contribution >= 0.6 is 15.9 Å². The Balaban J connectivity index is 2.80. The maximum atomic E-state index is 12.2. The van der Waals surface area contributed by atoms with Gasteiger partial charge in [-0.3, -0.25) is 0 Å². The molecular weight excluding hydrogens is 298 g/mol. The lowest BCUT2D eigenvalue weighted by Crippen LogP contribution is -2.56. The number of halogens is 1. The Kier molecular flexibility index (Phi) is 5.06. The summed E-state index contributed by atoms with van der Waals surface area (Å²) in [5, 5.41) is 0.813. The second-order valence-corrected chi connectivity index (χ2v) is 6.95. The van der Waals surface area contributed by atoms with Crippen LogP contribution in [0.3, 0.4) is 0 Å². The van der Waals surface area contributed by atoms with Gasteiger partial charge in [0, 0.05) is 11.9 Å². The number of nitrogens with zero attached hydrogens (tertiary/aromatic N) is 1. The molecule has 0 radical (unpaired) electrons. The predicted molar refractivity (Wildman–Crippen MR) is 75.1 cm³/mol. The third-order valence-corrected chi connectivity index (χ3v) is 4.45. The topological polar surface area (TPSA) is 38.8 Å². The Bertz CT molecular complexity index is 299. The van der Waals surface area contributed by atoms with E-state index in [1.165, 1.54) is 0 Å². The molecule has 106 valence electrons. The van der Waals surface area contributed by atoms with Crippen molar-refractivity contribution in [1.82, 2.24) is 4.90 Å². The SMILES string of the molecule is CC(C)(C)OC(=O)N1CCOCC1C(C)(C)CBr. The van der Waals surface area contributed by atoms with Crippen molar-refractivity contribution in [3.05, 3.63) is 0 Å². The third kappa shape index (κ3) is 4.12. The molecule has 1 unspecified atom stereocenters. The van der Waals surface area contributed by atoms with E-state index in [4.69, 9.17) is 9.47 Å². The van der Waals surface area contributed by atoms with Gasteiger partial charge >= 0.3 is 6.09 Å². The highest BCUT2D eigenvalue weighted by molar-refractivity contribution is 9.09. The first kappa shape index (κ1) is 15.8. The van der Waals surface area contributed by atoms with Crippen LogP contribution in [0.1, 0.15) is 34.6 Å². The molecule has 0 bridgehead atoms. The van der Waals surface area contributed by atoms with Crippen molar-refractivity contribution in [3.63, 3.8) is 0 Å². The van der Waals surface area contributed by atoms with Gasteiger partial charge in [0.1, 0.15) is 5.60 Å². The molecule has 0 aromatic carbocycles. The monoisotopic (exact) mass is 321 g/mol. The lowest BCUT2D eigenvalue weighted by Gasteiger charge is -2.44. The molecular formula is C13H24BrNO3. The number of morpholine rings is 1. The van der Waals surface area contributed by atoms with E-state index in [0.29, 0.717) is 19.8 Å². The van der Waals surface area contributed by atoms with Crippen molar-refractivity contribution in [2.24, 2.45) is 5.41 Å². The molecule has 1 atom stereocenters. The lowest BCUT2D eigenvalue weighted by molar-refractivity contribution is -0.0580. The average molecular weight is 322 g/mol. The predicted octanol–water partition coefficient (Wildman–Crippen LogP) is 3.04. The third-order valence-electron chi connectivity index (χ3n) is 3.00. The van der Waals surface area contributed by atoms with Gasteiger partial charge in [-0.1, -0.05) is 29.8 Å². The van der Waals surface area contributed by atoms with Crippen LogP contribution in [0.2, 0.25) is 0 Å². The molecule has 0 N–H and O–H groups in total. The number of rotatable bonds is 2. The summed E-state index contributed by atoms with van der Waals surface area (Å²) in [5.74, 6) is 0. The van der Waals surface area contributed by atoms with Crippen molar-refractivity contribution < 1.29 is 14.3 Å². The van der Waals surface area contributed by atoms with E-state index in [-0.39, 0.29) is 17.6 Å². The van der Waals surface area contributed by atoms with E-state index in [1.807, 2.05) is 20.8 Å². The minimum Gasteiger partial charge on any atom is -0.444 e. The molecule has 0 aliphatic carbocycles. The molecule has 0 aromatic heterocycles. The summed E-state index contributed by atoms with van der Waals surface area (Å²) in [5.41, 5.74) is -0.504. The second-order valence-electron chi connectivity index (χ2n) is 6.39. The van der Waals surface area contributed by atoms with Crippen LogP contribution in [-0.2, 0) is 9.47 Å². The molecule has 1 saturated heterocycles. The van der Waals surface area contributed by atoms with Crippen molar-refractivity contribution in [1.29, 1.82) is 0 Å². The lowest BCUT2D eigenvalue weighted by atomic mass is 9.85. The van der Waals surface area contributed by atoms with E-state index in [0.717, 1.165) is 5.33 Å². The maximum Gasteiger partial charge on any atom is 0.410 e. The summed E-state index contributed by atoms with van der Waals surface area (Å²) in [6.07, 6.45) is -0.246. The van der Waals surface area contributed by atoms with Crippen molar-refractivity contribution in [3.8, 4) is 0 Å². The highest BCUT2D eigenvalue weighted by Gasteiger charge is 2.39. The van der Waals surface area contributed by atoms with Crippen LogP contribution < -0.4 is 0 Å². The smallest absolute Gasteiger partial charge is 0.410 e. The van der Waals surface area contributed by atoms with E-state index < -0.39 is 5.60 Å². The van der Waals surface area contributed by atoms with Crippen molar-refractivity contribution in [2.75, 3.05) is 25.1 Å². The molecule has 5 heteroatoms. The van der Waals surface area contributed by atoms with Gasteiger partial charge in [0.2, 0.25) is 0 Å². The van der Waals surface area contributed by atoms with Gasteiger partial charge in [0.25, 0.3) is 0 Å². The van der Waals surface area contributed by atoms with Crippen LogP contribution in [0.4, 0.5) is 4.79 Å². The van der Waals surface area contributed by atoms with Gasteiger partial charge in [0.05, 0.1) is 19.3 Å². The summed E-state index contributed by atoms with van der Waals surface area (Å²) in [6.45, 7) is 11.6. The number of carbonyl (C=O) groups is 1. The molecule has 1 amide bonds. The van der Waals surface area contributed by atoms with Gasteiger partial charge in [-0.2, -0.15) is 0 Å². The quantitative estimate of drug-likeness (QED) is 0.734. The maximum absolute atomic E-state index is 12.2. The summed E-state index contributed by atoms with van der Waals surface area (Å²) in [6, 6.07) is 0.0421. The van der Waals surface area contributed by atoms with E-state index in [1.54, 1.807) is 4.90 Å². The molecule has 18 heavy (non-hydrogen) atoms. The summed E-state index contributed by atoms with van der Waals surface area (Å²) < 4.78 is 11.0. The number of alkyl halides is 1. The Labute approximate surface area is 118 Å². The molecule has 1 aliphatic rings. The second kappa shape index (κ2) is 5.78. The number of amides is 1. The van der Waals surface area contributed by atoms with Crippen LogP contribution in [0.25, 0.3) is 0 Å². The Hall–Kier alpha value is -0.290. The first-order valence-electron chi connectivity index (χ1n) is 6.31. The molecule has 4 nitrogen and oxygen atoms in total. The highest BCUT2D eigenvalue weighted by atomic mass is 79.9. The molecule has 1 fully saturated rings. The minimum atomic E-state index is -0.460. The normalized spacial score (nSPS) is 21.9. The zero-order valence-electron chi connectivity index (χ0n) is 12.0. The van der Waals surface area contributed by atoms with Crippen molar-refractivity contribution >= 4 is 22.0 Å². The van der Waals surface area contributed by atoms with Gasteiger partial charge in [-0.25, -0.2) is 4.79 Å². The summed E-state index contributed by atoms with van der Waals surface area (Å²) >= 11 is 3.51. The molecule has 0 spiro atoms. The molecule has 1 rings (SSSR count). The average Bonchev–Trinajstić information content (AvgIpc) is 2.27. The van der Waals surface area contributed by atoms with Gasteiger partial charge < -0.3 is 14.4 Å². The molecule has 1 heterocycles. The fraction of sp³-hybridized carbons (Fsp3) is 0.923. The molecule has 0 aromatic rings. The Morgan fingerprint density at radius 1 is 1.39 bits per heavy atom. The first-order chi connectivity index (χ1) is 8.17. The van der Waals surface area contributed by atoms with Gasteiger partial charge in [-0.15, -0.1) is 0 Å². The fourth-order valence-electron chi connectivity index (χ4n) is 1.88. The van der Waals surface area contributed by atoms with Gasteiger partial charge in [-0.05, 0) is 26.2 Å².